The molecule has 0 saturated carbocycles. The van der Waals surface area contributed by atoms with Gasteiger partial charge in [0, 0.05) is 0 Å². The fraction of sp³-hybridized carbons (Fsp3) is 0.500. The number of aliphatic hydroxyl groups excluding tert-OH is 1. The highest BCUT2D eigenvalue weighted by Gasteiger charge is 2.16. The van der Waals surface area contributed by atoms with Crippen LogP contribution in [-0.2, 0) is 0 Å². The zero-order valence-electron chi connectivity index (χ0n) is 8.92. The van der Waals surface area contributed by atoms with Crippen LogP contribution in [0.5, 0.6) is 0 Å². The molecular formula is C12H17FO. The summed E-state index contributed by atoms with van der Waals surface area (Å²) < 4.78 is 12.8. The molecule has 1 nitrogen and oxygen atoms in total. The average molecular weight is 196 g/mol. The summed E-state index contributed by atoms with van der Waals surface area (Å²) in [5.74, 6) is -0.0400. The van der Waals surface area contributed by atoms with Crippen LogP contribution in [0, 0.1) is 18.7 Å². The third kappa shape index (κ3) is 2.32. The lowest BCUT2D eigenvalue weighted by atomic mass is 9.92. The lowest BCUT2D eigenvalue weighted by Crippen LogP contribution is -2.09. The van der Waals surface area contributed by atoms with Crippen molar-refractivity contribution >= 4 is 0 Å². The Balaban J connectivity index is 2.95. The summed E-state index contributed by atoms with van der Waals surface area (Å²) in [5, 5.41) is 9.94. The van der Waals surface area contributed by atoms with Gasteiger partial charge in [0.2, 0.25) is 0 Å². The van der Waals surface area contributed by atoms with Gasteiger partial charge in [-0.05, 0) is 36.1 Å². The van der Waals surface area contributed by atoms with Crippen LogP contribution in [0.15, 0.2) is 18.2 Å². The Bertz CT molecular complexity index is 309. The Morgan fingerprint density at radius 2 is 2.07 bits per heavy atom. The molecule has 0 bridgehead atoms. The zero-order chi connectivity index (χ0) is 10.7. The maximum atomic E-state index is 12.8. The highest BCUT2D eigenvalue weighted by atomic mass is 19.1. The third-order valence-corrected chi connectivity index (χ3v) is 2.73. The van der Waals surface area contributed by atoms with E-state index in [-0.39, 0.29) is 11.7 Å². The Hall–Kier alpha value is -0.890. The van der Waals surface area contributed by atoms with Crippen molar-refractivity contribution < 1.29 is 9.50 Å². The predicted octanol–water partition coefficient (Wildman–Crippen LogP) is 3.21. The van der Waals surface area contributed by atoms with Crippen LogP contribution in [0.2, 0.25) is 0 Å². The van der Waals surface area contributed by atoms with Crippen molar-refractivity contribution in [1.29, 1.82) is 0 Å². The molecule has 0 spiro atoms. The first-order chi connectivity index (χ1) is 6.56. The fourth-order valence-corrected chi connectivity index (χ4v) is 1.50. The SMILES string of the molecule is CCC(C)C(O)c1ccc(F)cc1C. The minimum absolute atomic E-state index is 0.208. The van der Waals surface area contributed by atoms with Crippen molar-refractivity contribution in [3.05, 3.63) is 35.1 Å². The van der Waals surface area contributed by atoms with Gasteiger partial charge >= 0.3 is 0 Å². The standard InChI is InChI=1S/C12H17FO/c1-4-8(2)12(14)11-6-5-10(13)7-9(11)3/h5-8,12,14H,4H2,1-3H3. The van der Waals surface area contributed by atoms with Crippen LogP contribution in [0.3, 0.4) is 0 Å². The number of aryl methyl sites for hydroxylation is 1. The normalized spacial score (nSPS) is 15.2. The first kappa shape index (κ1) is 11.2. The van der Waals surface area contributed by atoms with Crippen LogP contribution in [-0.4, -0.2) is 5.11 Å². The van der Waals surface area contributed by atoms with Gasteiger partial charge in [-0.25, -0.2) is 4.39 Å². The van der Waals surface area contributed by atoms with Crippen molar-refractivity contribution in [2.75, 3.05) is 0 Å². The summed E-state index contributed by atoms with van der Waals surface area (Å²) in [6.45, 7) is 5.85. The molecule has 1 aromatic rings. The van der Waals surface area contributed by atoms with E-state index in [1.54, 1.807) is 6.07 Å². The summed E-state index contributed by atoms with van der Waals surface area (Å²) in [5.41, 5.74) is 1.65. The summed E-state index contributed by atoms with van der Waals surface area (Å²) in [6.07, 6.45) is 0.429. The summed E-state index contributed by atoms with van der Waals surface area (Å²) >= 11 is 0. The molecule has 2 atom stereocenters. The van der Waals surface area contributed by atoms with Gasteiger partial charge in [0.15, 0.2) is 0 Å². The van der Waals surface area contributed by atoms with E-state index in [2.05, 4.69) is 0 Å². The highest BCUT2D eigenvalue weighted by molar-refractivity contribution is 5.28. The second-order valence-electron chi connectivity index (χ2n) is 3.83. The molecule has 0 radical (unpaired) electrons. The van der Waals surface area contributed by atoms with Crippen molar-refractivity contribution in [2.45, 2.75) is 33.3 Å². The van der Waals surface area contributed by atoms with Gasteiger partial charge in [0.25, 0.3) is 0 Å². The van der Waals surface area contributed by atoms with E-state index in [4.69, 9.17) is 0 Å². The number of hydrogen-bond donors (Lipinski definition) is 1. The van der Waals surface area contributed by atoms with E-state index < -0.39 is 6.10 Å². The van der Waals surface area contributed by atoms with Gasteiger partial charge in [-0.2, -0.15) is 0 Å². The van der Waals surface area contributed by atoms with Crippen molar-refractivity contribution in [2.24, 2.45) is 5.92 Å². The van der Waals surface area contributed by atoms with Gasteiger partial charge in [0.05, 0.1) is 6.10 Å². The van der Waals surface area contributed by atoms with Gasteiger partial charge in [0.1, 0.15) is 5.82 Å². The molecule has 78 valence electrons. The first-order valence-electron chi connectivity index (χ1n) is 5.00. The lowest BCUT2D eigenvalue weighted by Gasteiger charge is -2.19. The zero-order valence-corrected chi connectivity index (χ0v) is 8.92. The predicted molar refractivity (Wildman–Crippen MR) is 55.6 cm³/mol. The van der Waals surface area contributed by atoms with E-state index in [9.17, 15) is 9.50 Å². The molecule has 0 aliphatic heterocycles. The number of halogens is 1. The highest BCUT2D eigenvalue weighted by Crippen LogP contribution is 2.26. The molecule has 1 rings (SSSR count). The Morgan fingerprint density at radius 3 is 2.57 bits per heavy atom. The van der Waals surface area contributed by atoms with Crippen LogP contribution in [0.25, 0.3) is 0 Å². The molecule has 1 N–H and O–H groups in total. The molecule has 0 aromatic heterocycles. The quantitative estimate of drug-likeness (QED) is 0.787. The molecule has 1 aromatic carbocycles. The smallest absolute Gasteiger partial charge is 0.123 e. The second kappa shape index (κ2) is 4.56. The van der Waals surface area contributed by atoms with Gasteiger partial charge in [-0.15, -0.1) is 0 Å². The van der Waals surface area contributed by atoms with E-state index in [1.807, 2.05) is 20.8 Å². The lowest BCUT2D eigenvalue weighted by molar-refractivity contribution is 0.115. The third-order valence-electron chi connectivity index (χ3n) is 2.73. The fourth-order valence-electron chi connectivity index (χ4n) is 1.50. The summed E-state index contributed by atoms with van der Waals surface area (Å²) in [7, 11) is 0. The monoisotopic (exact) mass is 196 g/mol. The van der Waals surface area contributed by atoms with Gasteiger partial charge in [-0.1, -0.05) is 26.3 Å². The summed E-state index contributed by atoms with van der Waals surface area (Å²) in [6, 6.07) is 4.52. The maximum absolute atomic E-state index is 12.8. The van der Waals surface area contributed by atoms with Crippen molar-refractivity contribution in [3.63, 3.8) is 0 Å². The average Bonchev–Trinajstić information content (AvgIpc) is 2.15. The molecule has 2 unspecified atom stereocenters. The van der Waals surface area contributed by atoms with Gasteiger partial charge in [-0.3, -0.25) is 0 Å². The number of rotatable bonds is 3. The van der Waals surface area contributed by atoms with Crippen molar-refractivity contribution in [3.8, 4) is 0 Å². The van der Waals surface area contributed by atoms with Crippen LogP contribution in [0.4, 0.5) is 4.39 Å². The van der Waals surface area contributed by atoms with Crippen LogP contribution < -0.4 is 0 Å². The number of benzene rings is 1. The topological polar surface area (TPSA) is 20.2 Å². The molecule has 0 fully saturated rings. The molecule has 0 saturated heterocycles. The van der Waals surface area contributed by atoms with Gasteiger partial charge < -0.3 is 5.11 Å². The maximum Gasteiger partial charge on any atom is 0.123 e. The molecule has 2 heteroatoms. The van der Waals surface area contributed by atoms with E-state index in [0.717, 1.165) is 17.5 Å². The number of hydrogen-bond acceptors (Lipinski definition) is 1. The molecule has 0 aliphatic carbocycles. The van der Waals surface area contributed by atoms with E-state index >= 15 is 0 Å². The second-order valence-corrected chi connectivity index (χ2v) is 3.83. The summed E-state index contributed by atoms with van der Waals surface area (Å²) in [4.78, 5) is 0. The minimum atomic E-state index is -0.486. The Labute approximate surface area is 84.6 Å². The van der Waals surface area contributed by atoms with E-state index in [1.165, 1.54) is 12.1 Å². The number of aliphatic hydroxyl groups is 1. The molecule has 0 aliphatic rings. The largest absolute Gasteiger partial charge is 0.388 e. The Morgan fingerprint density at radius 1 is 1.43 bits per heavy atom. The van der Waals surface area contributed by atoms with Crippen molar-refractivity contribution in [1.82, 2.24) is 0 Å². The minimum Gasteiger partial charge on any atom is -0.388 e. The molecule has 0 heterocycles. The van der Waals surface area contributed by atoms with Crippen LogP contribution >= 0.6 is 0 Å². The molecule has 0 amide bonds. The van der Waals surface area contributed by atoms with E-state index in [0.29, 0.717) is 0 Å². The Kier molecular flexibility index (Phi) is 3.64. The van der Waals surface area contributed by atoms with Crippen LogP contribution in [0.1, 0.15) is 37.5 Å². The first-order valence-corrected chi connectivity index (χ1v) is 5.00. The molecule has 14 heavy (non-hydrogen) atoms. The molecular weight excluding hydrogens is 179 g/mol.